The van der Waals surface area contributed by atoms with Gasteiger partial charge in [-0.25, -0.2) is 22.7 Å². The molecule has 1 aliphatic rings. The molecule has 1 saturated carbocycles. The third-order valence-electron chi connectivity index (χ3n) is 3.71. The largest absolute Gasteiger partial charge is 0.463 e. The van der Waals surface area contributed by atoms with Gasteiger partial charge in [-0.3, -0.25) is 0 Å². The molecule has 0 aliphatic heterocycles. The molecule has 0 radical (unpaired) electrons. The van der Waals surface area contributed by atoms with E-state index in [9.17, 15) is 18.0 Å². The molecule has 0 aromatic carbocycles. The minimum absolute atomic E-state index is 0.0813. The molecule has 8 heteroatoms. The predicted molar refractivity (Wildman–Crippen MR) is 89.7 cm³/mol. The molecule has 1 N–H and O–H groups in total. The molecule has 0 atom stereocenters. The van der Waals surface area contributed by atoms with Crippen LogP contribution in [-0.2, 0) is 29.1 Å². The van der Waals surface area contributed by atoms with Gasteiger partial charge in [0.25, 0.3) is 0 Å². The Balaban J connectivity index is 2.14. The van der Waals surface area contributed by atoms with Crippen molar-refractivity contribution in [2.45, 2.75) is 45.4 Å². The van der Waals surface area contributed by atoms with Crippen molar-refractivity contribution in [3.05, 3.63) is 12.2 Å². The first-order valence-electron chi connectivity index (χ1n) is 8.42. The van der Waals surface area contributed by atoms with Crippen LogP contribution in [-0.4, -0.2) is 45.9 Å². The van der Waals surface area contributed by atoms with Crippen molar-refractivity contribution < 1.29 is 27.5 Å². The second-order valence-corrected chi connectivity index (χ2v) is 7.64. The zero-order valence-electron chi connectivity index (χ0n) is 14.2. The van der Waals surface area contributed by atoms with Crippen LogP contribution in [0, 0.1) is 5.92 Å². The van der Waals surface area contributed by atoms with Crippen LogP contribution in [0.2, 0.25) is 0 Å². The second kappa shape index (κ2) is 11.2. The quantitative estimate of drug-likeness (QED) is 0.360. The van der Waals surface area contributed by atoms with Crippen molar-refractivity contribution in [3.8, 4) is 0 Å². The van der Waals surface area contributed by atoms with Crippen molar-refractivity contribution in [1.29, 1.82) is 0 Å². The average Bonchev–Trinajstić information content (AvgIpc) is 2.53. The van der Waals surface area contributed by atoms with Gasteiger partial charge in [-0.05, 0) is 32.1 Å². The first-order chi connectivity index (χ1) is 11.4. The van der Waals surface area contributed by atoms with Crippen LogP contribution in [0.5, 0.6) is 0 Å². The van der Waals surface area contributed by atoms with E-state index in [1.54, 1.807) is 6.92 Å². The summed E-state index contributed by atoms with van der Waals surface area (Å²) in [6.45, 7) is 2.21. The monoisotopic (exact) mass is 361 g/mol. The lowest BCUT2D eigenvalue weighted by Gasteiger charge is -2.21. The van der Waals surface area contributed by atoms with Crippen molar-refractivity contribution in [2.75, 3.05) is 25.5 Å². The van der Waals surface area contributed by atoms with Crippen LogP contribution >= 0.6 is 0 Å². The van der Waals surface area contributed by atoms with Gasteiger partial charge in [0, 0.05) is 18.7 Å². The van der Waals surface area contributed by atoms with Gasteiger partial charge in [0.05, 0.1) is 19.0 Å². The van der Waals surface area contributed by atoms with Gasteiger partial charge in [0.1, 0.15) is 0 Å². The van der Waals surface area contributed by atoms with Gasteiger partial charge >= 0.3 is 11.9 Å². The normalized spacial score (nSPS) is 16.2. The zero-order chi connectivity index (χ0) is 17.8. The summed E-state index contributed by atoms with van der Waals surface area (Å²) in [6, 6.07) is 0. The topological polar surface area (TPSA) is 98.8 Å². The molecule has 0 amide bonds. The molecule has 1 fully saturated rings. The first kappa shape index (κ1) is 20.6. The Morgan fingerprint density at radius 1 is 1.08 bits per heavy atom. The molecule has 7 nitrogen and oxygen atoms in total. The molecule has 0 aromatic rings. The van der Waals surface area contributed by atoms with E-state index in [1.165, 1.54) is 6.42 Å². The van der Waals surface area contributed by atoms with Gasteiger partial charge in [-0.1, -0.05) is 19.3 Å². The highest BCUT2D eigenvalue weighted by Gasteiger charge is 2.20. The Morgan fingerprint density at radius 2 is 1.71 bits per heavy atom. The average molecular weight is 361 g/mol. The van der Waals surface area contributed by atoms with Crippen LogP contribution in [0.1, 0.15) is 45.4 Å². The van der Waals surface area contributed by atoms with E-state index in [1.807, 2.05) is 0 Å². The summed E-state index contributed by atoms with van der Waals surface area (Å²) < 4.78 is 35.9. The molecule has 24 heavy (non-hydrogen) atoms. The lowest BCUT2D eigenvalue weighted by Crippen LogP contribution is -2.31. The number of carbonyl (C=O) groups excluding carboxylic acids is 2. The highest BCUT2D eigenvalue weighted by atomic mass is 32.2. The first-order valence-corrected chi connectivity index (χ1v) is 10.1. The van der Waals surface area contributed by atoms with E-state index in [0.717, 1.165) is 37.8 Å². The molecule has 0 aromatic heterocycles. The van der Waals surface area contributed by atoms with Crippen molar-refractivity contribution in [2.24, 2.45) is 5.92 Å². The Bertz CT molecular complexity index is 523. The van der Waals surface area contributed by atoms with Crippen LogP contribution in [0.25, 0.3) is 0 Å². The van der Waals surface area contributed by atoms with Gasteiger partial charge < -0.3 is 9.47 Å². The van der Waals surface area contributed by atoms with Crippen molar-refractivity contribution >= 4 is 22.0 Å². The number of hydrogen-bond acceptors (Lipinski definition) is 6. The Kier molecular flexibility index (Phi) is 9.63. The summed E-state index contributed by atoms with van der Waals surface area (Å²) in [4.78, 5) is 22.3. The van der Waals surface area contributed by atoms with Crippen LogP contribution in [0.4, 0.5) is 0 Å². The zero-order valence-corrected chi connectivity index (χ0v) is 15.0. The predicted octanol–water partition coefficient (Wildman–Crippen LogP) is 1.54. The van der Waals surface area contributed by atoms with Crippen LogP contribution in [0.3, 0.4) is 0 Å². The summed E-state index contributed by atoms with van der Waals surface area (Å²) >= 11 is 0. The van der Waals surface area contributed by atoms with E-state index in [2.05, 4.69) is 9.46 Å². The number of carbonyl (C=O) groups is 2. The SMILES string of the molecule is CCOC(=O)/C=C/C(=O)OCCCNS(=O)(=O)CC1CCCCC1. The minimum atomic E-state index is -3.28. The molecule has 0 unspecified atom stereocenters. The number of esters is 2. The molecule has 0 bridgehead atoms. The number of ether oxygens (including phenoxy) is 2. The summed E-state index contributed by atoms with van der Waals surface area (Å²) in [7, 11) is -3.28. The maximum atomic E-state index is 12.0. The molecule has 138 valence electrons. The number of sulfonamides is 1. The minimum Gasteiger partial charge on any atom is -0.463 e. The van der Waals surface area contributed by atoms with E-state index in [0.29, 0.717) is 6.42 Å². The lowest BCUT2D eigenvalue weighted by atomic mass is 9.91. The van der Waals surface area contributed by atoms with E-state index >= 15 is 0 Å². The van der Waals surface area contributed by atoms with Crippen molar-refractivity contribution in [3.63, 3.8) is 0 Å². The molecule has 0 heterocycles. The van der Waals surface area contributed by atoms with Crippen molar-refractivity contribution in [1.82, 2.24) is 4.72 Å². The molecular formula is C16H27NO6S. The lowest BCUT2D eigenvalue weighted by molar-refractivity contribution is -0.140. The van der Waals surface area contributed by atoms with Crippen LogP contribution in [0.15, 0.2) is 12.2 Å². The van der Waals surface area contributed by atoms with E-state index < -0.39 is 22.0 Å². The second-order valence-electron chi connectivity index (χ2n) is 5.79. The number of hydrogen-bond donors (Lipinski definition) is 1. The maximum absolute atomic E-state index is 12.0. The fourth-order valence-corrected chi connectivity index (χ4v) is 4.10. The Morgan fingerprint density at radius 3 is 2.33 bits per heavy atom. The van der Waals surface area contributed by atoms with Gasteiger partial charge in [-0.2, -0.15) is 0 Å². The highest BCUT2D eigenvalue weighted by Crippen LogP contribution is 2.24. The molecule has 0 spiro atoms. The summed E-state index contributed by atoms with van der Waals surface area (Å²) in [5, 5.41) is 0. The van der Waals surface area contributed by atoms with E-state index in [4.69, 9.17) is 4.74 Å². The number of rotatable bonds is 10. The fourth-order valence-electron chi connectivity index (χ4n) is 2.57. The third kappa shape index (κ3) is 9.67. The van der Waals surface area contributed by atoms with E-state index in [-0.39, 0.29) is 31.4 Å². The maximum Gasteiger partial charge on any atom is 0.331 e. The summed E-state index contributed by atoms with van der Waals surface area (Å²) in [5.41, 5.74) is 0. The van der Waals surface area contributed by atoms with Gasteiger partial charge in [0.15, 0.2) is 0 Å². The standard InChI is InChI=1S/C16H27NO6S/c1-2-22-15(18)9-10-16(19)23-12-6-11-17-24(20,21)13-14-7-4-3-5-8-14/h9-10,14,17H,2-8,11-13H2,1H3/b10-9+. The molecule has 0 saturated heterocycles. The third-order valence-corrected chi connectivity index (χ3v) is 5.26. The molecular weight excluding hydrogens is 334 g/mol. The summed E-state index contributed by atoms with van der Waals surface area (Å²) in [6.07, 6.45) is 7.73. The summed E-state index contributed by atoms with van der Waals surface area (Å²) in [5.74, 6) is -0.838. The molecule has 1 rings (SSSR count). The number of nitrogens with one attached hydrogen (secondary N) is 1. The van der Waals surface area contributed by atoms with Gasteiger partial charge in [0.2, 0.25) is 10.0 Å². The molecule has 1 aliphatic carbocycles. The van der Waals surface area contributed by atoms with Gasteiger partial charge in [-0.15, -0.1) is 0 Å². The Hall–Kier alpha value is -1.41. The van der Waals surface area contributed by atoms with Crippen LogP contribution < -0.4 is 4.72 Å². The Labute approximate surface area is 143 Å². The fraction of sp³-hybridized carbons (Fsp3) is 0.750. The highest BCUT2D eigenvalue weighted by molar-refractivity contribution is 7.89. The smallest absolute Gasteiger partial charge is 0.331 e.